The van der Waals surface area contributed by atoms with E-state index in [1.54, 1.807) is 0 Å². The van der Waals surface area contributed by atoms with Crippen molar-refractivity contribution < 1.29 is 19.4 Å². The van der Waals surface area contributed by atoms with Crippen LogP contribution in [0.25, 0.3) is 0 Å². The van der Waals surface area contributed by atoms with Gasteiger partial charge in [0.25, 0.3) is 5.91 Å². The summed E-state index contributed by atoms with van der Waals surface area (Å²) in [6.07, 6.45) is 2.11. The Morgan fingerprint density at radius 2 is 1.80 bits per heavy atom. The van der Waals surface area contributed by atoms with E-state index in [9.17, 15) is 14.7 Å². The normalized spacial score (nSPS) is 20.8. The van der Waals surface area contributed by atoms with Gasteiger partial charge < -0.3 is 15.2 Å². The van der Waals surface area contributed by atoms with E-state index < -0.39 is 11.4 Å². The van der Waals surface area contributed by atoms with Gasteiger partial charge in [-0.1, -0.05) is 12.1 Å². The fourth-order valence-corrected chi connectivity index (χ4v) is 5.95. The Morgan fingerprint density at radius 1 is 1.16 bits per heavy atom. The van der Waals surface area contributed by atoms with Gasteiger partial charge in [0.2, 0.25) is 0 Å². The number of hydrogen-bond acceptors (Lipinski definition) is 5. The number of rotatable bonds is 5. The number of hydrogen-bond donors (Lipinski definition) is 2. The highest BCUT2D eigenvalue weighted by atomic mass is 32.2. The SMILES string of the molecule is O=C(NCC1(C(=O)O)CCOCC1)c1ccc(C2SCCCS2)cc1. The average Bonchev–Trinajstić information content (AvgIpc) is 2.67. The van der Waals surface area contributed by atoms with Gasteiger partial charge in [-0.25, -0.2) is 0 Å². The number of aliphatic carboxylic acids is 1. The lowest BCUT2D eigenvalue weighted by molar-refractivity contribution is -0.154. The zero-order chi connectivity index (χ0) is 17.7. The van der Waals surface area contributed by atoms with Gasteiger partial charge in [-0.05, 0) is 48.5 Å². The molecule has 0 aromatic heterocycles. The molecule has 0 aliphatic carbocycles. The van der Waals surface area contributed by atoms with E-state index in [1.807, 2.05) is 47.8 Å². The summed E-state index contributed by atoms with van der Waals surface area (Å²) >= 11 is 3.90. The van der Waals surface area contributed by atoms with Crippen LogP contribution >= 0.6 is 23.5 Å². The number of benzene rings is 1. The lowest BCUT2D eigenvalue weighted by atomic mass is 9.80. The van der Waals surface area contributed by atoms with E-state index in [1.165, 1.54) is 23.5 Å². The molecule has 7 heteroatoms. The molecule has 0 spiro atoms. The first-order valence-electron chi connectivity index (χ1n) is 8.53. The lowest BCUT2D eigenvalue weighted by Crippen LogP contribution is -2.46. The highest BCUT2D eigenvalue weighted by molar-refractivity contribution is 8.16. The van der Waals surface area contributed by atoms with E-state index in [2.05, 4.69) is 5.32 Å². The Morgan fingerprint density at radius 3 is 2.40 bits per heavy atom. The van der Waals surface area contributed by atoms with E-state index in [-0.39, 0.29) is 12.5 Å². The van der Waals surface area contributed by atoms with E-state index in [0.717, 1.165) is 0 Å². The molecule has 1 aromatic carbocycles. The second kappa shape index (κ2) is 8.47. The number of amides is 1. The molecule has 0 bridgehead atoms. The fraction of sp³-hybridized carbons (Fsp3) is 0.556. The second-order valence-electron chi connectivity index (χ2n) is 6.43. The predicted octanol–water partition coefficient (Wildman–Crippen LogP) is 3.17. The van der Waals surface area contributed by atoms with Crippen LogP contribution in [0.3, 0.4) is 0 Å². The van der Waals surface area contributed by atoms with Crippen molar-refractivity contribution in [3.05, 3.63) is 35.4 Å². The van der Waals surface area contributed by atoms with Crippen molar-refractivity contribution in [2.24, 2.45) is 5.41 Å². The van der Waals surface area contributed by atoms with Gasteiger partial charge in [0.15, 0.2) is 0 Å². The molecule has 5 nitrogen and oxygen atoms in total. The second-order valence-corrected chi connectivity index (χ2v) is 9.15. The van der Waals surface area contributed by atoms with Crippen LogP contribution in [0.15, 0.2) is 24.3 Å². The topological polar surface area (TPSA) is 75.6 Å². The molecule has 2 saturated heterocycles. The first-order chi connectivity index (χ1) is 12.1. The minimum atomic E-state index is -0.913. The molecule has 3 rings (SSSR count). The van der Waals surface area contributed by atoms with Crippen LogP contribution in [-0.2, 0) is 9.53 Å². The van der Waals surface area contributed by atoms with Crippen molar-refractivity contribution >= 4 is 35.4 Å². The maximum Gasteiger partial charge on any atom is 0.311 e. The molecule has 2 aliphatic heterocycles. The van der Waals surface area contributed by atoms with Gasteiger partial charge >= 0.3 is 5.97 Å². The van der Waals surface area contributed by atoms with Crippen LogP contribution in [0.5, 0.6) is 0 Å². The summed E-state index contributed by atoms with van der Waals surface area (Å²) in [4.78, 5) is 24.0. The first kappa shape index (κ1) is 18.6. The smallest absolute Gasteiger partial charge is 0.311 e. The van der Waals surface area contributed by atoms with Gasteiger partial charge in [-0.15, -0.1) is 23.5 Å². The van der Waals surface area contributed by atoms with Crippen LogP contribution in [0.4, 0.5) is 0 Å². The van der Waals surface area contributed by atoms with Crippen molar-refractivity contribution in [1.29, 1.82) is 0 Å². The molecule has 1 aromatic rings. The number of thioether (sulfide) groups is 2. The lowest BCUT2D eigenvalue weighted by Gasteiger charge is -2.33. The molecule has 25 heavy (non-hydrogen) atoms. The summed E-state index contributed by atoms with van der Waals surface area (Å²) in [6.45, 7) is 0.988. The summed E-state index contributed by atoms with van der Waals surface area (Å²) in [5.41, 5.74) is 0.892. The number of nitrogens with one attached hydrogen (secondary N) is 1. The molecule has 2 aliphatic rings. The minimum absolute atomic E-state index is 0.139. The van der Waals surface area contributed by atoms with Crippen LogP contribution in [0.1, 0.15) is 39.8 Å². The number of carboxylic acids is 1. The van der Waals surface area contributed by atoms with Crippen molar-refractivity contribution in [2.75, 3.05) is 31.3 Å². The molecule has 0 unspecified atom stereocenters. The van der Waals surface area contributed by atoms with Crippen LogP contribution in [0, 0.1) is 5.41 Å². The van der Waals surface area contributed by atoms with Crippen molar-refractivity contribution in [3.63, 3.8) is 0 Å². The van der Waals surface area contributed by atoms with Gasteiger partial charge in [0, 0.05) is 25.3 Å². The standard InChI is InChI=1S/C18H23NO4S2/c20-15(19-12-18(17(21)22)6-8-23-9-7-18)13-2-4-14(5-3-13)16-24-10-1-11-25-16/h2-5,16H,1,6-12H2,(H,19,20)(H,21,22). The van der Waals surface area contributed by atoms with Crippen LogP contribution in [0.2, 0.25) is 0 Å². The molecule has 2 N–H and O–H groups in total. The Bertz CT molecular complexity index is 608. The monoisotopic (exact) mass is 381 g/mol. The Balaban J connectivity index is 1.60. The third kappa shape index (κ3) is 4.51. The molecule has 0 saturated carbocycles. The number of carboxylic acid groups (broad SMARTS) is 1. The molecular weight excluding hydrogens is 358 g/mol. The zero-order valence-electron chi connectivity index (χ0n) is 14.0. The Kier molecular flexibility index (Phi) is 6.30. The molecule has 0 atom stereocenters. The van der Waals surface area contributed by atoms with Gasteiger partial charge in [-0.2, -0.15) is 0 Å². The highest BCUT2D eigenvalue weighted by Gasteiger charge is 2.40. The summed E-state index contributed by atoms with van der Waals surface area (Å²) < 4.78 is 5.70. The van der Waals surface area contributed by atoms with Crippen molar-refractivity contribution in [2.45, 2.75) is 23.8 Å². The molecule has 136 valence electrons. The average molecular weight is 382 g/mol. The highest BCUT2D eigenvalue weighted by Crippen LogP contribution is 2.43. The zero-order valence-corrected chi connectivity index (χ0v) is 15.7. The third-order valence-electron chi connectivity index (χ3n) is 4.76. The van der Waals surface area contributed by atoms with Crippen LogP contribution < -0.4 is 5.32 Å². The maximum atomic E-state index is 12.4. The Labute approximate surface area is 156 Å². The van der Waals surface area contributed by atoms with Gasteiger partial charge in [-0.3, -0.25) is 9.59 Å². The van der Waals surface area contributed by atoms with Crippen molar-refractivity contribution in [1.82, 2.24) is 5.32 Å². The molecule has 2 fully saturated rings. The number of carbonyl (C=O) groups is 2. The van der Waals surface area contributed by atoms with Crippen molar-refractivity contribution in [3.8, 4) is 0 Å². The minimum Gasteiger partial charge on any atom is -0.481 e. The Hall–Kier alpha value is -1.18. The summed E-state index contributed by atoms with van der Waals surface area (Å²) in [7, 11) is 0. The summed E-state index contributed by atoms with van der Waals surface area (Å²) in [6, 6.07) is 7.67. The predicted molar refractivity (Wildman–Crippen MR) is 101 cm³/mol. The summed E-state index contributed by atoms with van der Waals surface area (Å²) in [5, 5.41) is 12.3. The number of carbonyl (C=O) groups excluding carboxylic acids is 1. The van der Waals surface area contributed by atoms with Gasteiger partial charge in [0.05, 0.1) is 10.00 Å². The molecule has 1 amide bonds. The number of ether oxygens (including phenoxy) is 1. The fourth-order valence-electron chi connectivity index (χ4n) is 3.05. The first-order valence-corrected chi connectivity index (χ1v) is 10.6. The van der Waals surface area contributed by atoms with E-state index in [0.29, 0.717) is 36.2 Å². The third-order valence-corrected chi connectivity index (χ3v) is 7.78. The largest absolute Gasteiger partial charge is 0.481 e. The van der Waals surface area contributed by atoms with Crippen LogP contribution in [-0.4, -0.2) is 48.2 Å². The molecular formula is C18H23NO4S2. The van der Waals surface area contributed by atoms with E-state index >= 15 is 0 Å². The molecule has 0 radical (unpaired) electrons. The van der Waals surface area contributed by atoms with E-state index in [4.69, 9.17) is 4.74 Å². The van der Waals surface area contributed by atoms with Gasteiger partial charge in [0.1, 0.15) is 0 Å². The molecule has 2 heterocycles. The summed E-state index contributed by atoms with van der Waals surface area (Å²) in [5.74, 6) is 1.28. The maximum absolute atomic E-state index is 12.4. The quantitative estimate of drug-likeness (QED) is 0.816.